The van der Waals surface area contributed by atoms with Crippen LogP contribution in [0, 0.1) is 13.8 Å². The van der Waals surface area contributed by atoms with E-state index in [1.807, 2.05) is 32.2 Å². The first-order valence-electron chi connectivity index (χ1n) is 8.24. The van der Waals surface area contributed by atoms with Gasteiger partial charge in [-0.05, 0) is 56.2 Å². The Labute approximate surface area is 151 Å². The number of carbonyl (C=O) groups is 1. The normalized spacial score (nSPS) is 11.2. The number of hydrazone groups is 1. The predicted octanol–water partition coefficient (Wildman–Crippen LogP) is 2.82. The molecule has 2 aromatic heterocycles. The molecule has 0 radical (unpaired) electrons. The number of aryl methyl sites for hydroxylation is 2. The molecule has 2 N–H and O–H groups in total. The summed E-state index contributed by atoms with van der Waals surface area (Å²) < 4.78 is 7.08. The summed E-state index contributed by atoms with van der Waals surface area (Å²) in [6.45, 7) is 6.02. The molecule has 0 aliphatic carbocycles. The number of fused-ring (bicyclic) bond motifs is 1. The van der Waals surface area contributed by atoms with Gasteiger partial charge in [-0.2, -0.15) is 5.10 Å². The molecule has 7 heteroatoms. The van der Waals surface area contributed by atoms with Crippen molar-refractivity contribution in [2.45, 2.75) is 20.8 Å². The summed E-state index contributed by atoms with van der Waals surface area (Å²) in [7, 11) is 0. The number of aromatic nitrogens is 2. The Morgan fingerprint density at radius 3 is 2.92 bits per heavy atom. The second-order valence-electron chi connectivity index (χ2n) is 5.84. The van der Waals surface area contributed by atoms with Crippen molar-refractivity contribution < 1.29 is 14.6 Å². The number of pyridine rings is 1. The molecule has 26 heavy (non-hydrogen) atoms. The first-order chi connectivity index (χ1) is 12.5. The molecule has 0 aliphatic rings. The van der Waals surface area contributed by atoms with Gasteiger partial charge in [-0.15, -0.1) is 0 Å². The van der Waals surface area contributed by atoms with Crippen molar-refractivity contribution in [2.75, 3.05) is 6.61 Å². The lowest BCUT2D eigenvalue weighted by atomic mass is 10.2. The highest BCUT2D eigenvalue weighted by Gasteiger charge is 2.16. The largest absolute Gasteiger partial charge is 0.504 e. The number of hydrogen-bond donors (Lipinski definition) is 2. The van der Waals surface area contributed by atoms with Gasteiger partial charge in [-0.3, -0.25) is 9.20 Å². The Kier molecular flexibility index (Phi) is 4.88. The van der Waals surface area contributed by atoms with Crippen molar-refractivity contribution >= 4 is 17.8 Å². The van der Waals surface area contributed by atoms with Crippen LogP contribution in [0.15, 0.2) is 41.6 Å². The number of hydrogen-bond acceptors (Lipinski definition) is 5. The molecule has 0 saturated heterocycles. The maximum absolute atomic E-state index is 12.5. The van der Waals surface area contributed by atoms with Crippen LogP contribution in [-0.4, -0.2) is 33.2 Å². The summed E-state index contributed by atoms with van der Waals surface area (Å²) >= 11 is 0. The molecule has 0 saturated carbocycles. The minimum absolute atomic E-state index is 0.0600. The maximum atomic E-state index is 12.5. The fraction of sp³-hybridized carbons (Fsp3) is 0.211. The van der Waals surface area contributed by atoms with Crippen molar-refractivity contribution in [3.63, 3.8) is 0 Å². The highest BCUT2D eigenvalue weighted by atomic mass is 16.5. The average molecular weight is 352 g/mol. The van der Waals surface area contributed by atoms with E-state index in [-0.39, 0.29) is 11.7 Å². The number of ether oxygens (including phenoxy) is 1. The Balaban J connectivity index is 1.79. The van der Waals surface area contributed by atoms with E-state index in [2.05, 4.69) is 15.5 Å². The number of phenols is 1. The van der Waals surface area contributed by atoms with Crippen molar-refractivity contribution in [1.82, 2.24) is 14.8 Å². The van der Waals surface area contributed by atoms with Gasteiger partial charge in [0.25, 0.3) is 5.91 Å². The molecule has 0 fully saturated rings. The van der Waals surface area contributed by atoms with Gasteiger partial charge in [0.15, 0.2) is 11.5 Å². The third-order valence-electron chi connectivity index (χ3n) is 3.82. The van der Waals surface area contributed by atoms with E-state index in [1.165, 1.54) is 12.3 Å². The topological polar surface area (TPSA) is 88.2 Å². The van der Waals surface area contributed by atoms with Crippen LogP contribution in [-0.2, 0) is 0 Å². The monoisotopic (exact) mass is 352 g/mol. The lowest BCUT2D eigenvalue weighted by Gasteiger charge is -2.06. The molecular weight excluding hydrogens is 332 g/mol. The summed E-state index contributed by atoms with van der Waals surface area (Å²) in [6, 6.07) is 8.66. The van der Waals surface area contributed by atoms with Gasteiger partial charge < -0.3 is 9.84 Å². The zero-order valence-corrected chi connectivity index (χ0v) is 14.9. The smallest absolute Gasteiger partial charge is 0.290 e. The zero-order chi connectivity index (χ0) is 18.7. The van der Waals surface area contributed by atoms with E-state index in [0.717, 1.165) is 5.56 Å². The fourth-order valence-corrected chi connectivity index (χ4v) is 2.64. The third kappa shape index (κ3) is 3.51. The lowest BCUT2D eigenvalue weighted by Crippen LogP contribution is -2.20. The fourth-order valence-electron chi connectivity index (χ4n) is 2.64. The van der Waals surface area contributed by atoms with E-state index in [4.69, 9.17) is 4.74 Å². The van der Waals surface area contributed by atoms with Gasteiger partial charge in [-0.25, -0.2) is 10.4 Å². The molecule has 1 aromatic carbocycles. The first kappa shape index (κ1) is 17.5. The summed E-state index contributed by atoms with van der Waals surface area (Å²) in [6.07, 6.45) is 3.35. The van der Waals surface area contributed by atoms with Crippen molar-refractivity contribution in [1.29, 1.82) is 0 Å². The van der Waals surface area contributed by atoms with Crippen molar-refractivity contribution in [2.24, 2.45) is 5.10 Å². The SMILES string of the molecule is CCOc1cc(/C=N\NC(=O)c2c(C)nc3ccc(C)cn23)ccc1O. The maximum Gasteiger partial charge on any atom is 0.290 e. The number of carbonyl (C=O) groups excluding carboxylic acids is 1. The van der Waals surface area contributed by atoms with E-state index >= 15 is 0 Å². The predicted molar refractivity (Wildman–Crippen MR) is 99.0 cm³/mol. The molecule has 7 nitrogen and oxygen atoms in total. The summed E-state index contributed by atoms with van der Waals surface area (Å²) in [4.78, 5) is 16.9. The molecule has 3 rings (SSSR count). The van der Waals surface area contributed by atoms with Crippen LogP contribution in [0.5, 0.6) is 11.5 Å². The Morgan fingerprint density at radius 2 is 2.15 bits per heavy atom. The van der Waals surface area contributed by atoms with Crippen LogP contribution in [0.25, 0.3) is 5.65 Å². The Morgan fingerprint density at radius 1 is 1.35 bits per heavy atom. The second kappa shape index (κ2) is 7.26. The van der Waals surface area contributed by atoms with Gasteiger partial charge in [0, 0.05) is 6.20 Å². The van der Waals surface area contributed by atoms with Crippen LogP contribution in [0.2, 0.25) is 0 Å². The third-order valence-corrected chi connectivity index (χ3v) is 3.82. The number of benzene rings is 1. The average Bonchev–Trinajstić information content (AvgIpc) is 2.93. The number of nitrogens with one attached hydrogen (secondary N) is 1. The number of rotatable bonds is 5. The van der Waals surface area contributed by atoms with Crippen LogP contribution >= 0.6 is 0 Å². The molecule has 0 atom stereocenters. The molecule has 134 valence electrons. The molecule has 3 aromatic rings. The first-order valence-corrected chi connectivity index (χ1v) is 8.24. The second-order valence-corrected chi connectivity index (χ2v) is 5.84. The zero-order valence-electron chi connectivity index (χ0n) is 14.9. The molecule has 1 amide bonds. The Hall–Kier alpha value is -3.35. The van der Waals surface area contributed by atoms with Gasteiger partial charge in [-0.1, -0.05) is 6.07 Å². The Bertz CT molecular complexity index is 992. The van der Waals surface area contributed by atoms with Crippen LogP contribution in [0.1, 0.15) is 34.2 Å². The van der Waals surface area contributed by atoms with Gasteiger partial charge in [0.1, 0.15) is 11.3 Å². The van der Waals surface area contributed by atoms with Crippen LogP contribution < -0.4 is 10.2 Å². The standard InChI is InChI=1S/C19H20N4O3/c1-4-26-16-9-14(6-7-15(16)24)10-20-22-19(25)18-13(3)21-17-8-5-12(2)11-23(17)18/h5-11,24H,4H2,1-3H3,(H,22,25)/b20-10-. The van der Waals surface area contributed by atoms with E-state index in [0.29, 0.717) is 35.0 Å². The number of phenolic OH excluding ortho intramolecular Hbond substituents is 1. The molecule has 0 unspecified atom stereocenters. The summed E-state index contributed by atoms with van der Waals surface area (Å²) in [5.41, 5.74) is 6.03. The highest BCUT2D eigenvalue weighted by molar-refractivity contribution is 5.95. The van der Waals surface area contributed by atoms with E-state index < -0.39 is 0 Å². The lowest BCUT2D eigenvalue weighted by molar-refractivity contribution is 0.0948. The quantitative estimate of drug-likeness (QED) is 0.546. The van der Waals surface area contributed by atoms with Crippen molar-refractivity contribution in [3.05, 3.63) is 59.0 Å². The number of imidazole rings is 1. The molecule has 0 bridgehead atoms. The van der Waals surface area contributed by atoms with Crippen LogP contribution in [0.4, 0.5) is 0 Å². The number of nitrogens with zero attached hydrogens (tertiary/aromatic N) is 3. The van der Waals surface area contributed by atoms with Gasteiger partial charge in [0.2, 0.25) is 0 Å². The molecular formula is C19H20N4O3. The van der Waals surface area contributed by atoms with E-state index in [9.17, 15) is 9.90 Å². The minimum atomic E-state index is -0.347. The molecule has 0 aliphatic heterocycles. The summed E-state index contributed by atoms with van der Waals surface area (Å²) in [5, 5.41) is 13.7. The summed E-state index contributed by atoms with van der Waals surface area (Å²) in [5.74, 6) is 0.0845. The molecule has 0 spiro atoms. The minimum Gasteiger partial charge on any atom is -0.504 e. The highest BCUT2D eigenvalue weighted by Crippen LogP contribution is 2.26. The number of amides is 1. The number of aromatic hydroxyl groups is 1. The van der Waals surface area contributed by atoms with E-state index in [1.54, 1.807) is 23.5 Å². The van der Waals surface area contributed by atoms with Gasteiger partial charge >= 0.3 is 0 Å². The van der Waals surface area contributed by atoms with Gasteiger partial charge in [0.05, 0.1) is 18.5 Å². The van der Waals surface area contributed by atoms with Crippen LogP contribution in [0.3, 0.4) is 0 Å². The molecule has 2 heterocycles. The van der Waals surface area contributed by atoms with Crippen molar-refractivity contribution in [3.8, 4) is 11.5 Å².